The smallest absolute Gasteiger partial charge is 0.291 e. The Hall–Kier alpha value is -3.34. The predicted molar refractivity (Wildman–Crippen MR) is 100 cm³/mol. The van der Waals surface area contributed by atoms with E-state index in [1.807, 2.05) is 37.3 Å². The predicted octanol–water partition coefficient (Wildman–Crippen LogP) is 4.37. The quantitative estimate of drug-likeness (QED) is 0.745. The maximum absolute atomic E-state index is 12.7. The Morgan fingerprint density at radius 1 is 0.962 bits per heavy atom. The van der Waals surface area contributed by atoms with Crippen LogP contribution in [0, 0.1) is 0 Å². The summed E-state index contributed by atoms with van der Waals surface area (Å²) in [6, 6.07) is 19.9. The van der Waals surface area contributed by atoms with Gasteiger partial charge >= 0.3 is 0 Å². The van der Waals surface area contributed by atoms with Crippen LogP contribution in [0.25, 0.3) is 0 Å². The minimum absolute atomic E-state index is 0.0398. The standard InChI is InChI=1S/C21H20N2O3/c1-15(16-7-4-3-5-8-16)23(2)21(25)17-10-12-18(13-11-17)22-20(24)19-9-6-14-26-19/h3-15H,1-2H3,(H,22,24)/t15-/m1/s1. The van der Waals surface area contributed by atoms with Crippen molar-refractivity contribution in [2.75, 3.05) is 12.4 Å². The van der Waals surface area contributed by atoms with Crippen LogP contribution in [0.15, 0.2) is 77.4 Å². The van der Waals surface area contributed by atoms with Gasteiger partial charge in [0, 0.05) is 18.3 Å². The number of carbonyl (C=O) groups is 2. The second kappa shape index (κ2) is 7.70. The van der Waals surface area contributed by atoms with Crippen molar-refractivity contribution in [2.45, 2.75) is 13.0 Å². The molecule has 1 atom stereocenters. The Morgan fingerprint density at radius 2 is 1.65 bits per heavy atom. The monoisotopic (exact) mass is 348 g/mol. The van der Waals surface area contributed by atoms with Gasteiger partial charge in [0.15, 0.2) is 5.76 Å². The summed E-state index contributed by atoms with van der Waals surface area (Å²) in [7, 11) is 1.78. The van der Waals surface area contributed by atoms with Crippen molar-refractivity contribution < 1.29 is 14.0 Å². The first kappa shape index (κ1) is 17.5. The molecule has 132 valence electrons. The third kappa shape index (κ3) is 3.83. The zero-order valence-electron chi connectivity index (χ0n) is 14.7. The minimum atomic E-state index is -0.330. The van der Waals surface area contributed by atoms with Gasteiger partial charge in [0.2, 0.25) is 0 Å². The Kier molecular flexibility index (Phi) is 5.17. The first-order valence-electron chi connectivity index (χ1n) is 8.33. The molecular formula is C21H20N2O3. The molecule has 1 aromatic heterocycles. The highest BCUT2D eigenvalue weighted by atomic mass is 16.3. The molecule has 2 aromatic carbocycles. The third-order valence-electron chi connectivity index (χ3n) is 4.32. The van der Waals surface area contributed by atoms with E-state index in [2.05, 4.69) is 5.32 Å². The van der Waals surface area contributed by atoms with Gasteiger partial charge in [-0.25, -0.2) is 0 Å². The summed E-state index contributed by atoms with van der Waals surface area (Å²) in [6.45, 7) is 1.99. The van der Waals surface area contributed by atoms with Crippen molar-refractivity contribution in [1.29, 1.82) is 0 Å². The van der Waals surface area contributed by atoms with E-state index in [9.17, 15) is 9.59 Å². The Bertz CT molecular complexity index is 871. The molecule has 0 saturated heterocycles. The molecule has 0 aliphatic heterocycles. The van der Waals surface area contributed by atoms with Crippen LogP contribution in [0.4, 0.5) is 5.69 Å². The van der Waals surface area contributed by atoms with Crippen molar-refractivity contribution in [2.24, 2.45) is 0 Å². The molecule has 5 heteroatoms. The fourth-order valence-electron chi connectivity index (χ4n) is 2.63. The van der Waals surface area contributed by atoms with Gasteiger partial charge in [0.1, 0.15) is 0 Å². The van der Waals surface area contributed by atoms with E-state index >= 15 is 0 Å². The van der Waals surface area contributed by atoms with E-state index in [0.29, 0.717) is 11.3 Å². The molecule has 0 aliphatic rings. The Balaban J connectivity index is 1.67. The lowest BCUT2D eigenvalue weighted by molar-refractivity contribution is 0.0742. The van der Waals surface area contributed by atoms with Crippen molar-refractivity contribution >= 4 is 17.5 Å². The lowest BCUT2D eigenvalue weighted by atomic mass is 10.1. The second-order valence-electron chi connectivity index (χ2n) is 6.01. The summed E-state index contributed by atoms with van der Waals surface area (Å²) in [5.74, 6) is -0.171. The fraction of sp³-hybridized carbons (Fsp3) is 0.143. The molecule has 0 unspecified atom stereocenters. The van der Waals surface area contributed by atoms with Crippen LogP contribution in [0.2, 0.25) is 0 Å². The summed E-state index contributed by atoms with van der Waals surface area (Å²) in [5.41, 5.74) is 2.23. The second-order valence-corrected chi connectivity index (χ2v) is 6.01. The van der Waals surface area contributed by atoms with Crippen LogP contribution in [0.3, 0.4) is 0 Å². The topological polar surface area (TPSA) is 62.6 Å². The maximum Gasteiger partial charge on any atom is 0.291 e. The van der Waals surface area contributed by atoms with Crippen LogP contribution in [0.5, 0.6) is 0 Å². The molecular weight excluding hydrogens is 328 g/mol. The molecule has 0 radical (unpaired) electrons. The van der Waals surface area contributed by atoms with Crippen LogP contribution >= 0.6 is 0 Å². The number of benzene rings is 2. The van der Waals surface area contributed by atoms with Crippen molar-refractivity contribution in [1.82, 2.24) is 4.90 Å². The number of anilines is 1. The van der Waals surface area contributed by atoms with E-state index in [0.717, 1.165) is 5.56 Å². The lowest BCUT2D eigenvalue weighted by Gasteiger charge is -2.25. The molecule has 0 aliphatic carbocycles. The molecule has 0 bridgehead atoms. The van der Waals surface area contributed by atoms with Gasteiger partial charge in [-0.2, -0.15) is 0 Å². The van der Waals surface area contributed by atoms with E-state index in [-0.39, 0.29) is 23.6 Å². The molecule has 0 fully saturated rings. The van der Waals surface area contributed by atoms with Gasteiger partial charge in [-0.3, -0.25) is 9.59 Å². The zero-order valence-corrected chi connectivity index (χ0v) is 14.7. The van der Waals surface area contributed by atoms with Gasteiger partial charge in [-0.05, 0) is 48.9 Å². The number of amides is 2. The largest absolute Gasteiger partial charge is 0.459 e. The Labute approximate surface area is 152 Å². The van der Waals surface area contributed by atoms with Gasteiger partial charge in [0.25, 0.3) is 11.8 Å². The first-order valence-corrected chi connectivity index (χ1v) is 8.33. The van der Waals surface area contributed by atoms with Crippen LogP contribution in [0.1, 0.15) is 39.4 Å². The Morgan fingerprint density at radius 3 is 2.27 bits per heavy atom. The van der Waals surface area contributed by atoms with Crippen LogP contribution < -0.4 is 5.32 Å². The average molecular weight is 348 g/mol. The normalized spacial score (nSPS) is 11.6. The van der Waals surface area contributed by atoms with E-state index < -0.39 is 0 Å². The number of nitrogens with one attached hydrogen (secondary N) is 1. The molecule has 0 spiro atoms. The summed E-state index contributed by atoms with van der Waals surface area (Å²) in [5, 5.41) is 2.73. The van der Waals surface area contributed by atoms with Gasteiger partial charge in [-0.15, -0.1) is 0 Å². The number of rotatable bonds is 5. The molecule has 5 nitrogen and oxygen atoms in total. The zero-order chi connectivity index (χ0) is 18.5. The highest BCUT2D eigenvalue weighted by Crippen LogP contribution is 2.21. The number of nitrogens with zero attached hydrogens (tertiary/aromatic N) is 1. The highest BCUT2D eigenvalue weighted by Gasteiger charge is 2.19. The van der Waals surface area contributed by atoms with Crippen molar-refractivity contribution in [3.05, 3.63) is 89.9 Å². The lowest BCUT2D eigenvalue weighted by Crippen LogP contribution is -2.29. The van der Waals surface area contributed by atoms with Gasteiger partial charge in [0.05, 0.1) is 12.3 Å². The van der Waals surface area contributed by atoms with E-state index in [4.69, 9.17) is 4.42 Å². The minimum Gasteiger partial charge on any atom is -0.459 e. The molecule has 3 aromatic rings. The van der Waals surface area contributed by atoms with Crippen LogP contribution in [-0.2, 0) is 0 Å². The third-order valence-corrected chi connectivity index (χ3v) is 4.32. The van der Waals surface area contributed by atoms with Crippen molar-refractivity contribution in [3.63, 3.8) is 0 Å². The molecule has 1 heterocycles. The number of carbonyl (C=O) groups excluding carboxylic acids is 2. The summed E-state index contributed by atoms with van der Waals surface area (Å²) in [4.78, 5) is 26.4. The van der Waals surface area contributed by atoms with Crippen LogP contribution in [-0.4, -0.2) is 23.8 Å². The molecule has 2 amide bonds. The van der Waals surface area contributed by atoms with E-state index in [1.165, 1.54) is 6.26 Å². The number of furan rings is 1. The number of hydrogen-bond acceptors (Lipinski definition) is 3. The first-order chi connectivity index (χ1) is 12.6. The molecule has 26 heavy (non-hydrogen) atoms. The van der Waals surface area contributed by atoms with E-state index in [1.54, 1.807) is 48.3 Å². The van der Waals surface area contributed by atoms with Crippen molar-refractivity contribution in [3.8, 4) is 0 Å². The average Bonchev–Trinajstić information content (AvgIpc) is 3.22. The highest BCUT2D eigenvalue weighted by molar-refractivity contribution is 6.02. The number of hydrogen-bond donors (Lipinski definition) is 1. The summed E-state index contributed by atoms with van der Waals surface area (Å²) >= 11 is 0. The molecule has 1 N–H and O–H groups in total. The fourth-order valence-corrected chi connectivity index (χ4v) is 2.63. The summed E-state index contributed by atoms with van der Waals surface area (Å²) < 4.78 is 5.06. The molecule has 3 rings (SSSR count). The molecule has 0 saturated carbocycles. The van der Waals surface area contributed by atoms with Gasteiger partial charge < -0.3 is 14.6 Å². The SMILES string of the molecule is C[C@H](c1ccccc1)N(C)C(=O)c1ccc(NC(=O)c2ccco2)cc1. The maximum atomic E-state index is 12.7. The summed E-state index contributed by atoms with van der Waals surface area (Å²) in [6.07, 6.45) is 1.44. The van der Waals surface area contributed by atoms with Gasteiger partial charge in [-0.1, -0.05) is 30.3 Å².